The van der Waals surface area contributed by atoms with Crippen LogP contribution in [-0.2, 0) is 9.59 Å². The van der Waals surface area contributed by atoms with E-state index in [0.29, 0.717) is 11.3 Å². The Morgan fingerprint density at radius 1 is 0.915 bits per heavy atom. The molecule has 1 aromatic heterocycles. The lowest BCUT2D eigenvalue weighted by atomic mass is 9.90. The molecule has 3 atom stereocenters. The van der Waals surface area contributed by atoms with Crippen molar-refractivity contribution in [2.24, 2.45) is 5.73 Å². The number of benzene rings is 2. The summed E-state index contributed by atoms with van der Waals surface area (Å²) in [4.78, 5) is 40.1. The van der Waals surface area contributed by atoms with Crippen molar-refractivity contribution in [1.82, 2.24) is 20.6 Å². The third kappa shape index (κ3) is 12.3. The first kappa shape index (κ1) is 38.0. The number of halogens is 6. The number of hydrogen-bond acceptors (Lipinski definition) is 7. The summed E-state index contributed by atoms with van der Waals surface area (Å²) in [5, 5.41) is 32.4. The third-order valence-corrected chi connectivity index (χ3v) is 6.62. The second-order valence-corrected chi connectivity index (χ2v) is 10.3. The number of rotatable bonds is 6. The van der Waals surface area contributed by atoms with E-state index < -0.39 is 24.3 Å². The van der Waals surface area contributed by atoms with Crippen LogP contribution in [0.2, 0.25) is 0 Å². The molecule has 0 aliphatic heterocycles. The van der Waals surface area contributed by atoms with Gasteiger partial charge in [-0.2, -0.15) is 26.3 Å². The van der Waals surface area contributed by atoms with Gasteiger partial charge < -0.3 is 31.9 Å². The number of nitrogens with two attached hydrogens (primary N) is 1. The fraction of sp³-hybridized carbons (Fsp3) is 0.379. The molecule has 3 unspecified atom stereocenters. The Hall–Kier alpha value is -5.16. The number of carboxylic acid groups (broad SMARTS) is 2. The minimum atomic E-state index is -5.08. The van der Waals surface area contributed by atoms with E-state index in [2.05, 4.69) is 25.9 Å². The summed E-state index contributed by atoms with van der Waals surface area (Å²) in [6.45, 7) is 3.96. The van der Waals surface area contributed by atoms with E-state index >= 15 is 0 Å². The highest BCUT2D eigenvalue weighted by Crippen LogP contribution is 2.27. The van der Waals surface area contributed by atoms with Crippen LogP contribution in [0.15, 0.2) is 48.5 Å². The number of aromatic nitrogens is 2. The van der Waals surface area contributed by atoms with Crippen molar-refractivity contribution >= 4 is 40.5 Å². The smallest absolute Gasteiger partial charge is 0.475 e. The van der Waals surface area contributed by atoms with Crippen LogP contribution < -0.4 is 21.7 Å². The lowest BCUT2D eigenvalue weighted by molar-refractivity contribution is -0.193. The predicted octanol–water partition coefficient (Wildman–Crippen LogP) is 4.90. The average molecular weight is 674 g/mol. The van der Waals surface area contributed by atoms with Gasteiger partial charge in [-0.25, -0.2) is 19.6 Å². The number of anilines is 1. The Balaban J connectivity index is 0.000000459. The molecule has 1 heterocycles. The lowest BCUT2D eigenvalue weighted by Gasteiger charge is -2.33. The van der Waals surface area contributed by atoms with Crippen LogP contribution in [0, 0.1) is 12.3 Å². The molecule has 0 spiro atoms. The molecule has 0 saturated heterocycles. The SMILES string of the molecule is Cc1ccc2nc(C(=O)NC(C)c3ccccc3)nc(NC3CCCCC3NC(=N)N)c2c1.O=C(O)C(F)(F)F.O=C(O)C(F)(F)F. The number of alkyl halides is 6. The Morgan fingerprint density at radius 3 is 1.96 bits per heavy atom. The molecular formula is C29H33F6N7O5. The minimum Gasteiger partial charge on any atom is -0.475 e. The monoisotopic (exact) mass is 673 g/mol. The van der Waals surface area contributed by atoms with Crippen molar-refractivity contribution in [2.45, 2.75) is 70.0 Å². The van der Waals surface area contributed by atoms with Gasteiger partial charge in [0.2, 0.25) is 5.82 Å². The second kappa shape index (κ2) is 16.4. The number of carbonyl (C=O) groups excluding carboxylic acids is 1. The molecular weight excluding hydrogens is 640 g/mol. The number of aliphatic carboxylic acids is 2. The maximum Gasteiger partial charge on any atom is 0.490 e. The number of hydrogen-bond donors (Lipinski definition) is 7. The van der Waals surface area contributed by atoms with E-state index in [0.717, 1.165) is 42.2 Å². The molecule has 0 bridgehead atoms. The number of aryl methyl sites for hydroxylation is 1. The van der Waals surface area contributed by atoms with Crippen molar-refractivity contribution in [1.29, 1.82) is 5.41 Å². The van der Waals surface area contributed by atoms with Crippen molar-refractivity contribution in [2.75, 3.05) is 5.32 Å². The lowest BCUT2D eigenvalue weighted by Crippen LogP contribution is -2.50. The van der Waals surface area contributed by atoms with E-state index in [9.17, 15) is 31.1 Å². The molecule has 1 amide bonds. The molecule has 1 aliphatic rings. The van der Waals surface area contributed by atoms with Gasteiger partial charge in [-0.1, -0.05) is 54.8 Å². The van der Waals surface area contributed by atoms with Gasteiger partial charge in [0.05, 0.1) is 11.6 Å². The first-order valence-corrected chi connectivity index (χ1v) is 13.9. The van der Waals surface area contributed by atoms with Gasteiger partial charge in [0, 0.05) is 17.5 Å². The highest BCUT2D eigenvalue weighted by molar-refractivity contribution is 5.97. The zero-order chi connectivity index (χ0) is 35.5. The summed E-state index contributed by atoms with van der Waals surface area (Å²) in [6, 6.07) is 15.6. The largest absolute Gasteiger partial charge is 0.490 e. The minimum absolute atomic E-state index is 0.0291. The van der Waals surface area contributed by atoms with Crippen LogP contribution >= 0.6 is 0 Å². The van der Waals surface area contributed by atoms with Gasteiger partial charge in [-0.3, -0.25) is 10.2 Å². The van der Waals surface area contributed by atoms with E-state index in [4.69, 9.17) is 30.9 Å². The fourth-order valence-corrected chi connectivity index (χ4v) is 4.39. The van der Waals surface area contributed by atoms with Gasteiger partial charge in [0.25, 0.3) is 5.91 Å². The zero-order valence-corrected chi connectivity index (χ0v) is 25.0. The van der Waals surface area contributed by atoms with Crippen molar-refractivity contribution in [3.63, 3.8) is 0 Å². The maximum atomic E-state index is 13.1. The highest BCUT2D eigenvalue weighted by atomic mass is 19.4. The number of carboxylic acids is 2. The summed E-state index contributed by atoms with van der Waals surface area (Å²) in [6.07, 6.45) is -6.16. The molecule has 4 rings (SSSR count). The van der Waals surface area contributed by atoms with Crippen LogP contribution in [-0.4, -0.2) is 68.4 Å². The van der Waals surface area contributed by atoms with Crippen molar-refractivity contribution in [3.8, 4) is 0 Å². The summed E-state index contributed by atoms with van der Waals surface area (Å²) >= 11 is 0. The van der Waals surface area contributed by atoms with Gasteiger partial charge in [-0.15, -0.1) is 0 Å². The first-order chi connectivity index (χ1) is 21.8. The molecule has 0 radical (unpaired) electrons. The van der Waals surface area contributed by atoms with Gasteiger partial charge >= 0.3 is 24.3 Å². The normalized spacial score (nSPS) is 16.7. The van der Waals surface area contributed by atoms with Crippen molar-refractivity contribution < 1.29 is 50.9 Å². The molecule has 1 aliphatic carbocycles. The Morgan fingerprint density at radius 2 is 1.45 bits per heavy atom. The number of amides is 1. The summed E-state index contributed by atoms with van der Waals surface area (Å²) < 4.78 is 63.5. The van der Waals surface area contributed by atoms with Crippen LogP contribution in [0.25, 0.3) is 10.9 Å². The molecule has 256 valence electrons. The van der Waals surface area contributed by atoms with Crippen LogP contribution in [0.4, 0.5) is 32.2 Å². The van der Waals surface area contributed by atoms with E-state index in [1.165, 1.54) is 0 Å². The molecule has 2 aromatic carbocycles. The number of nitrogens with one attached hydrogen (secondary N) is 4. The van der Waals surface area contributed by atoms with Crippen LogP contribution in [0.1, 0.15) is 60.4 Å². The molecule has 3 aromatic rings. The average Bonchev–Trinajstić information content (AvgIpc) is 2.98. The zero-order valence-electron chi connectivity index (χ0n) is 25.0. The van der Waals surface area contributed by atoms with Gasteiger partial charge in [0.15, 0.2) is 5.96 Å². The van der Waals surface area contributed by atoms with E-state index in [1.807, 2.05) is 62.4 Å². The maximum absolute atomic E-state index is 13.1. The number of fused-ring (bicyclic) bond motifs is 1. The molecule has 8 N–H and O–H groups in total. The van der Waals surface area contributed by atoms with Gasteiger partial charge in [0.1, 0.15) is 5.82 Å². The van der Waals surface area contributed by atoms with E-state index in [1.54, 1.807) is 0 Å². The van der Waals surface area contributed by atoms with Gasteiger partial charge in [-0.05, 0) is 44.4 Å². The summed E-state index contributed by atoms with van der Waals surface area (Å²) in [5.74, 6) is -5.11. The third-order valence-electron chi connectivity index (χ3n) is 6.62. The number of nitrogens with zero attached hydrogens (tertiary/aromatic N) is 2. The number of carbonyl (C=O) groups is 3. The number of guanidine groups is 1. The summed E-state index contributed by atoms with van der Waals surface area (Å²) in [7, 11) is 0. The predicted molar refractivity (Wildman–Crippen MR) is 159 cm³/mol. The molecule has 12 nitrogen and oxygen atoms in total. The Kier molecular flexibility index (Phi) is 13.3. The Bertz CT molecular complexity index is 1530. The van der Waals surface area contributed by atoms with Crippen molar-refractivity contribution in [3.05, 3.63) is 65.5 Å². The standard InChI is InChI=1S/C25H31N7O.2C2HF3O2/c1-15-12-13-19-18(14-15)22(30-20-10-6-7-11-21(20)31-25(26)27)32-23(29-19)24(33)28-16(2)17-8-4-3-5-9-17;2*3-2(4,5)1(6)7/h3-5,8-9,12-14,16,20-21H,6-7,10-11H2,1-2H3,(H,28,33)(H4,26,27,31)(H,29,30,32);2*(H,6,7). The molecule has 47 heavy (non-hydrogen) atoms. The molecule has 1 fully saturated rings. The molecule has 1 saturated carbocycles. The summed E-state index contributed by atoms with van der Waals surface area (Å²) in [5.41, 5.74) is 8.43. The highest BCUT2D eigenvalue weighted by Gasteiger charge is 2.39. The van der Waals surface area contributed by atoms with Crippen LogP contribution in [0.3, 0.4) is 0 Å². The van der Waals surface area contributed by atoms with Crippen LogP contribution in [0.5, 0.6) is 0 Å². The first-order valence-electron chi connectivity index (χ1n) is 13.9. The Labute approximate surface area is 264 Å². The second-order valence-electron chi connectivity index (χ2n) is 10.3. The fourth-order valence-electron chi connectivity index (χ4n) is 4.39. The quantitative estimate of drug-likeness (QED) is 0.107. The topological polar surface area (TPSA) is 203 Å². The van der Waals surface area contributed by atoms with E-state index in [-0.39, 0.29) is 35.8 Å². The molecule has 18 heteroatoms.